The van der Waals surface area contributed by atoms with E-state index < -0.39 is 6.04 Å². The van der Waals surface area contributed by atoms with Crippen LogP contribution in [0.3, 0.4) is 0 Å². The molecule has 0 aliphatic carbocycles. The number of hydroxylamine groups is 1. The quantitative estimate of drug-likeness (QED) is 0.608. The van der Waals surface area contributed by atoms with E-state index in [1.807, 2.05) is 0 Å². The monoisotopic (exact) mass is 236 g/mol. The summed E-state index contributed by atoms with van der Waals surface area (Å²) < 4.78 is 0. The van der Waals surface area contributed by atoms with Gasteiger partial charge in [-0.05, 0) is 12.1 Å². The van der Waals surface area contributed by atoms with Gasteiger partial charge >= 0.3 is 0 Å². The van der Waals surface area contributed by atoms with Gasteiger partial charge in [-0.3, -0.25) is 19.4 Å². The summed E-state index contributed by atoms with van der Waals surface area (Å²) in [4.78, 5) is 31.4. The van der Waals surface area contributed by atoms with Crippen LogP contribution in [0.15, 0.2) is 18.3 Å². The van der Waals surface area contributed by atoms with E-state index in [-0.39, 0.29) is 24.8 Å². The van der Waals surface area contributed by atoms with Gasteiger partial charge in [0.1, 0.15) is 12.6 Å². The first-order chi connectivity index (χ1) is 8.15. The summed E-state index contributed by atoms with van der Waals surface area (Å²) in [7, 11) is 0. The zero-order valence-electron chi connectivity index (χ0n) is 8.97. The third kappa shape index (κ3) is 2.91. The van der Waals surface area contributed by atoms with Gasteiger partial charge in [-0.2, -0.15) is 0 Å². The van der Waals surface area contributed by atoms with Gasteiger partial charge in [0.15, 0.2) is 0 Å². The van der Waals surface area contributed by atoms with Crippen LogP contribution in [-0.2, 0) is 20.8 Å². The third-order valence-electron chi connectivity index (χ3n) is 2.26. The first kappa shape index (κ1) is 11.3. The maximum atomic E-state index is 11.6. The molecule has 4 N–H and O–H groups in total. The molecule has 0 spiro atoms. The third-order valence-corrected chi connectivity index (χ3v) is 2.26. The zero-order chi connectivity index (χ0) is 12.3. The summed E-state index contributed by atoms with van der Waals surface area (Å²) in [6.45, 7) is 0.139. The van der Waals surface area contributed by atoms with Crippen LogP contribution in [0.5, 0.6) is 0 Å². The topological polar surface area (TPSA) is 106 Å². The molecule has 0 radical (unpaired) electrons. The number of pyridine rings is 1. The Labute approximate surface area is 97.3 Å². The van der Waals surface area contributed by atoms with Crippen LogP contribution in [0.25, 0.3) is 0 Å². The standard InChI is InChI=1S/C10H12N4O3/c11-6-1-2-7(12-4-6)3-9(15)13-8-5-17-14-10(8)16/h1-2,4,8H,3,5,11H2,(H,13,15)(H,14,16)/t8-/m1/s1. The van der Waals surface area contributed by atoms with Crippen LogP contribution < -0.4 is 16.5 Å². The predicted molar refractivity (Wildman–Crippen MR) is 58.4 cm³/mol. The molecule has 90 valence electrons. The van der Waals surface area contributed by atoms with E-state index in [1.54, 1.807) is 12.1 Å². The average Bonchev–Trinajstić information content (AvgIpc) is 2.68. The fourth-order valence-electron chi connectivity index (χ4n) is 1.40. The first-order valence-electron chi connectivity index (χ1n) is 5.06. The van der Waals surface area contributed by atoms with Crippen molar-refractivity contribution in [3.8, 4) is 0 Å². The summed E-state index contributed by atoms with van der Waals surface area (Å²) in [5.41, 5.74) is 8.77. The Morgan fingerprint density at radius 3 is 3.06 bits per heavy atom. The van der Waals surface area contributed by atoms with Crippen LogP contribution >= 0.6 is 0 Å². The number of amides is 2. The second-order valence-electron chi connectivity index (χ2n) is 3.66. The van der Waals surface area contributed by atoms with Gasteiger partial charge < -0.3 is 11.1 Å². The number of hydrogen-bond donors (Lipinski definition) is 3. The predicted octanol–water partition coefficient (Wildman–Crippen LogP) is -1.25. The highest BCUT2D eigenvalue weighted by atomic mass is 16.7. The molecule has 7 nitrogen and oxygen atoms in total. The fraction of sp³-hybridized carbons (Fsp3) is 0.300. The molecule has 1 aromatic heterocycles. The van der Waals surface area contributed by atoms with Crippen molar-refractivity contribution in [1.29, 1.82) is 0 Å². The number of carbonyl (C=O) groups excluding carboxylic acids is 2. The minimum Gasteiger partial charge on any atom is -0.397 e. The minimum atomic E-state index is -0.628. The number of nitrogens with zero attached hydrogens (tertiary/aromatic N) is 1. The molecule has 0 saturated carbocycles. The van der Waals surface area contributed by atoms with Crippen molar-refractivity contribution in [3.63, 3.8) is 0 Å². The molecule has 0 bridgehead atoms. The summed E-state index contributed by atoms with van der Waals surface area (Å²) in [5, 5.41) is 2.54. The highest BCUT2D eigenvalue weighted by molar-refractivity contribution is 5.88. The van der Waals surface area contributed by atoms with Crippen molar-refractivity contribution < 1.29 is 14.4 Å². The minimum absolute atomic E-state index is 0.101. The molecule has 0 aromatic carbocycles. The maximum Gasteiger partial charge on any atom is 0.268 e. The summed E-state index contributed by atoms with van der Waals surface area (Å²) in [6.07, 6.45) is 1.58. The van der Waals surface area contributed by atoms with Gasteiger partial charge in [0.2, 0.25) is 5.91 Å². The second-order valence-corrected chi connectivity index (χ2v) is 3.66. The molecular formula is C10H12N4O3. The summed E-state index contributed by atoms with van der Waals surface area (Å²) in [6, 6.07) is 2.71. The van der Waals surface area contributed by atoms with Crippen LogP contribution in [0, 0.1) is 0 Å². The van der Waals surface area contributed by atoms with Crippen LogP contribution in [-0.4, -0.2) is 29.4 Å². The van der Waals surface area contributed by atoms with Crippen LogP contribution in [0.4, 0.5) is 5.69 Å². The summed E-state index contributed by atoms with van der Waals surface area (Å²) in [5.74, 6) is -0.628. The lowest BCUT2D eigenvalue weighted by atomic mass is 10.2. The van der Waals surface area contributed by atoms with Crippen LogP contribution in [0.2, 0.25) is 0 Å². The van der Waals surface area contributed by atoms with E-state index in [9.17, 15) is 9.59 Å². The van der Waals surface area contributed by atoms with E-state index in [2.05, 4.69) is 20.6 Å². The van der Waals surface area contributed by atoms with Crippen molar-refractivity contribution >= 4 is 17.5 Å². The molecule has 1 aromatic rings. The molecule has 1 saturated heterocycles. The van der Waals surface area contributed by atoms with Crippen molar-refractivity contribution in [2.24, 2.45) is 0 Å². The Bertz CT molecular complexity index is 432. The Morgan fingerprint density at radius 2 is 2.47 bits per heavy atom. The molecule has 1 fully saturated rings. The number of carbonyl (C=O) groups is 2. The van der Waals surface area contributed by atoms with Gasteiger partial charge in [-0.15, -0.1) is 0 Å². The number of nitrogens with one attached hydrogen (secondary N) is 2. The van der Waals surface area contributed by atoms with Crippen molar-refractivity contribution in [3.05, 3.63) is 24.0 Å². The van der Waals surface area contributed by atoms with E-state index >= 15 is 0 Å². The number of nitrogen functional groups attached to an aromatic ring is 1. The fourth-order valence-corrected chi connectivity index (χ4v) is 1.40. The molecule has 1 aliphatic heterocycles. The lowest BCUT2D eigenvalue weighted by Crippen LogP contribution is -2.42. The number of aromatic nitrogens is 1. The molecule has 1 atom stereocenters. The SMILES string of the molecule is Nc1ccc(CC(=O)N[C@@H]2CONC2=O)nc1. The van der Waals surface area contributed by atoms with Gasteiger partial charge in [-0.25, -0.2) is 5.48 Å². The molecular weight excluding hydrogens is 224 g/mol. The molecule has 2 amide bonds. The summed E-state index contributed by atoms with van der Waals surface area (Å²) >= 11 is 0. The largest absolute Gasteiger partial charge is 0.397 e. The Balaban J connectivity index is 1.88. The number of hydrogen-bond acceptors (Lipinski definition) is 5. The molecule has 0 unspecified atom stereocenters. The van der Waals surface area contributed by atoms with Crippen molar-refractivity contribution in [2.45, 2.75) is 12.5 Å². The smallest absolute Gasteiger partial charge is 0.268 e. The molecule has 2 rings (SSSR count). The average molecular weight is 236 g/mol. The van der Waals surface area contributed by atoms with Crippen LogP contribution in [0.1, 0.15) is 5.69 Å². The number of anilines is 1. The number of nitrogens with two attached hydrogens (primary N) is 1. The lowest BCUT2D eigenvalue weighted by molar-refractivity contribution is -0.128. The normalized spacial score (nSPS) is 18.8. The Hall–Kier alpha value is -2.15. The number of rotatable bonds is 3. The van der Waals surface area contributed by atoms with Crippen molar-refractivity contribution in [2.75, 3.05) is 12.3 Å². The van der Waals surface area contributed by atoms with Crippen molar-refractivity contribution in [1.82, 2.24) is 15.8 Å². The van der Waals surface area contributed by atoms with E-state index in [4.69, 9.17) is 5.73 Å². The highest BCUT2D eigenvalue weighted by Crippen LogP contribution is 2.02. The molecule has 2 heterocycles. The van der Waals surface area contributed by atoms with Gasteiger partial charge in [-0.1, -0.05) is 0 Å². The van der Waals surface area contributed by atoms with Gasteiger partial charge in [0.05, 0.1) is 18.3 Å². The first-order valence-corrected chi connectivity index (χ1v) is 5.06. The molecule has 17 heavy (non-hydrogen) atoms. The lowest BCUT2D eigenvalue weighted by Gasteiger charge is -2.07. The molecule has 1 aliphatic rings. The maximum absolute atomic E-state index is 11.6. The Morgan fingerprint density at radius 1 is 1.65 bits per heavy atom. The van der Waals surface area contributed by atoms with E-state index in [1.165, 1.54) is 6.20 Å². The molecule has 7 heteroatoms. The highest BCUT2D eigenvalue weighted by Gasteiger charge is 2.26. The zero-order valence-corrected chi connectivity index (χ0v) is 8.97. The Kier molecular flexibility index (Phi) is 3.20. The van der Waals surface area contributed by atoms with E-state index in [0.717, 1.165) is 0 Å². The van der Waals surface area contributed by atoms with Gasteiger partial charge in [0, 0.05) is 5.69 Å². The van der Waals surface area contributed by atoms with E-state index in [0.29, 0.717) is 11.4 Å². The second kappa shape index (κ2) is 4.79. The van der Waals surface area contributed by atoms with Gasteiger partial charge in [0.25, 0.3) is 5.91 Å².